The summed E-state index contributed by atoms with van der Waals surface area (Å²) in [5.41, 5.74) is 1.43. The van der Waals surface area contributed by atoms with E-state index in [1.165, 1.54) is 41.5 Å². The van der Waals surface area contributed by atoms with Gasteiger partial charge in [-0.25, -0.2) is 9.97 Å². The van der Waals surface area contributed by atoms with Crippen LogP contribution in [0.4, 0.5) is 0 Å². The van der Waals surface area contributed by atoms with Gasteiger partial charge in [-0.1, -0.05) is 31.5 Å². The molecule has 6 heteroatoms. The highest BCUT2D eigenvalue weighted by molar-refractivity contribution is 8.00. The molecule has 0 bridgehead atoms. The summed E-state index contributed by atoms with van der Waals surface area (Å²) in [4.78, 5) is 24.2. The fraction of sp³-hybridized carbons (Fsp3) is 0.632. The number of aryl methyl sites for hydroxylation is 2. The Labute approximate surface area is 157 Å². The van der Waals surface area contributed by atoms with Gasteiger partial charge in [0.05, 0.1) is 5.25 Å². The summed E-state index contributed by atoms with van der Waals surface area (Å²) in [5, 5.41) is 5.33. The molecular formula is C19H25N3OS2. The molecule has 0 radical (unpaired) electrons. The number of hydrogen-bond donors (Lipinski definition) is 1. The number of fused-ring (bicyclic) bond motifs is 3. The molecule has 2 aromatic heterocycles. The van der Waals surface area contributed by atoms with Crippen LogP contribution in [0.15, 0.2) is 11.4 Å². The lowest BCUT2D eigenvalue weighted by Crippen LogP contribution is -2.44. The van der Waals surface area contributed by atoms with Crippen molar-refractivity contribution >= 4 is 39.2 Å². The van der Waals surface area contributed by atoms with Crippen molar-refractivity contribution < 1.29 is 4.79 Å². The minimum atomic E-state index is -0.135. The Kier molecular flexibility index (Phi) is 5.00. The van der Waals surface area contributed by atoms with Gasteiger partial charge in [-0.15, -0.1) is 11.3 Å². The third-order valence-electron chi connectivity index (χ3n) is 5.56. The first-order valence-corrected chi connectivity index (χ1v) is 11.1. The molecule has 1 saturated carbocycles. The number of hydrogen-bond acceptors (Lipinski definition) is 5. The van der Waals surface area contributed by atoms with E-state index in [1.54, 1.807) is 29.4 Å². The highest BCUT2D eigenvalue weighted by atomic mass is 32.2. The van der Waals surface area contributed by atoms with Crippen LogP contribution >= 0.6 is 23.1 Å². The smallest absolute Gasteiger partial charge is 0.233 e. The molecule has 1 N–H and O–H groups in total. The molecular weight excluding hydrogens is 350 g/mol. The van der Waals surface area contributed by atoms with E-state index >= 15 is 0 Å². The zero-order valence-electron chi connectivity index (χ0n) is 14.9. The zero-order chi connectivity index (χ0) is 17.4. The van der Waals surface area contributed by atoms with Gasteiger partial charge in [0, 0.05) is 16.3 Å². The summed E-state index contributed by atoms with van der Waals surface area (Å²) in [6.07, 6.45) is 10.0. The molecule has 4 rings (SSSR count). The van der Waals surface area contributed by atoms with Gasteiger partial charge < -0.3 is 5.32 Å². The number of nitrogens with one attached hydrogen (secondary N) is 1. The number of thiophene rings is 1. The maximum atomic E-state index is 12.7. The van der Waals surface area contributed by atoms with Gasteiger partial charge in [-0.05, 0) is 50.5 Å². The van der Waals surface area contributed by atoms with Crippen molar-refractivity contribution in [2.45, 2.75) is 75.1 Å². The zero-order valence-corrected chi connectivity index (χ0v) is 16.5. The Balaban J connectivity index is 1.50. The Bertz CT molecular complexity index is 788. The fourth-order valence-electron chi connectivity index (χ4n) is 4.04. The molecule has 2 heterocycles. The molecule has 1 fully saturated rings. The molecule has 2 aliphatic rings. The van der Waals surface area contributed by atoms with E-state index in [4.69, 9.17) is 0 Å². The summed E-state index contributed by atoms with van der Waals surface area (Å²) < 4.78 is 0. The lowest BCUT2D eigenvalue weighted by atomic mass is 9.86. The Morgan fingerprint density at radius 2 is 2.12 bits per heavy atom. The second-order valence-electron chi connectivity index (χ2n) is 7.35. The van der Waals surface area contributed by atoms with Gasteiger partial charge in [0.25, 0.3) is 0 Å². The van der Waals surface area contributed by atoms with E-state index in [9.17, 15) is 4.79 Å². The van der Waals surface area contributed by atoms with Gasteiger partial charge in [0.2, 0.25) is 5.91 Å². The molecule has 2 aliphatic carbocycles. The molecule has 0 unspecified atom stereocenters. The Morgan fingerprint density at radius 3 is 2.96 bits per heavy atom. The maximum Gasteiger partial charge on any atom is 0.233 e. The average Bonchev–Trinajstić information content (AvgIpc) is 3.18. The number of thioether (sulfide) groups is 1. The minimum absolute atomic E-state index is 0.135. The van der Waals surface area contributed by atoms with Crippen molar-refractivity contribution in [1.82, 2.24) is 15.3 Å². The van der Waals surface area contributed by atoms with Crippen LogP contribution in [0.2, 0.25) is 0 Å². The third kappa shape index (κ3) is 3.43. The predicted molar refractivity (Wildman–Crippen MR) is 104 cm³/mol. The lowest BCUT2D eigenvalue weighted by molar-refractivity contribution is -0.121. The predicted octanol–water partition coefficient (Wildman–Crippen LogP) is 4.36. The molecule has 1 amide bonds. The van der Waals surface area contributed by atoms with Crippen LogP contribution in [0.1, 0.15) is 56.4 Å². The van der Waals surface area contributed by atoms with Crippen molar-refractivity contribution in [1.29, 1.82) is 0 Å². The Morgan fingerprint density at radius 1 is 1.28 bits per heavy atom. The fourth-order valence-corrected chi connectivity index (χ4v) is 6.29. The summed E-state index contributed by atoms with van der Waals surface area (Å²) in [5.74, 6) is 0.725. The minimum Gasteiger partial charge on any atom is -0.352 e. The summed E-state index contributed by atoms with van der Waals surface area (Å²) in [6.45, 7) is 4.25. The van der Waals surface area contributed by atoms with E-state index in [-0.39, 0.29) is 11.2 Å². The van der Waals surface area contributed by atoms with Crippen molar-refractivity contribution in [3.8, 4) is 0 Å². The van der Waals surface area contributed by atoms with E-state index < -0.39 is 0 Å². The number of amides is 1. The average molecular weight is 376 g/mol. The molecule has 4 nitrogen and oxygen atoms in total. The topological polar surface area (TPSA) is 54.9 Å². The van der Waals surface area contributed by atoms with Crippen LogP contribution in [-0.2, 0) is 17.6 Å². The third-order valence-corrected chi connectivity index (χ3v) is 7.86. The number of nitrogens with zero attached hydrogens (tertiary/aromatic N) is 2. The molecule has 0 aromatic carbocycles. The molecule has 134 valence electrons. The van der Waals surface area contributed by atoms with Gasteiger partial charge in [0.15, 0.2) is 0 Å². The number of rotatable bonds is 4. The van der Waals surface area contributed by atoms with Crippen LogP contribution in [-0.4, -0.2) is 27.2 Å². The summed E-state index contributed by atoms with van der Waals surface area (Å²) in [6, 6.07) is 0.333. The molecule has 25 heavy (non-hydrogen) atoms. The molecule has 0 saturated heterocycles. The molecule has 2 aromatic rings. The van der Waals surface area contributed by atoms with Crippen molar-refractivity contribution in [2.24, 2.45) is 5.92 Å². The number of aromatic nitrogens is 2. The van der Waals surface area contributed by atoms with Crippen molar-refractivity contribution in [2.75, 3.05) is 0 Å². The lowest BCUT2D eigenvalue weighted by Gasteiger charge is -2.30. The van der Waals surface area contributed by atoms with Crippen molar-refractivity contribution in [3.05, 3.63) is 16.8 Å². The number of carbonyl (C=O) groups excluding carboxylic acids is 1. The van der Waals surface area contributed by atoms with Crippen LogP contribution in [0.3, 0.4) is 0 Å². The van der Waals surface area contributed by atoms with Crippen molar-refractivity contribution in [3.63, 3.8) is 0 Å². The molecule has 0 aliphatic heterocycles. The molecule has 3 atom stereocenters. The SMILES string of the molecule is C[C@@H](Sc1ncnc2sc3c(c12)CCC3)C(=O)N[C@H]1CCCC[C@@H]1C. The first kappa shape index (κ1) is 17.3. The Hall–Kier alpha value is -1.14. The molecule has 0 spiro atoms. The number of carbonyl (C=O) groups is 1. The quantitative estimate of drug-likeness (QED) is 0.637. The highest BCUT2D eigenvalue weighted by Crippen LogP contribution is 2.40. The van der Waals surface area contributed by atoms with Gasteiger partial charge in [-0.3, -0.25) is 4.79 Å². The van der Waals surface area contributed by atoms with Crippen LogP contribution in [0.25, 0.3) is 10.2 Å². The second-order valence-corrected chi connectivity index (χ2v) is 9.77. The monoisotopic (exact) mass is 375 g/mol. The maximum absolute atomic E-state index is 12.7. The van der Waals surface area contributed by atoms with Gasteiger partial charge >= 0.3 is 0 Å². The highest BCUT2D eigenvalue weighted by Gasteiger charge is 2.27. The standard InChI is InChI=1S/C19H25N3OS2/c1-11-6-3-4-8-14(11)22-17(23)12(2)24-18-16-13-7-5-9-15(13)25-19(16)21-10-20-18/h10-12,14H,3-9H2,1-2H3,(H,22,23)/t11-,12+,14-/m0/s1. The van der Waals surface area contributed by atoms with E-state index in [2.05, 4.69) is 22.2 Å². The van der Waals surface area contributed by atoms with E-state index in [0.29, 0.717) is 12.0 Å². The summed E-state index contributed by atoms with van der Waals surface area (Å²) in [7, 11) is 0. The van der Waals surface area contributed by atoms with E-state index in [1.807, 2.05) is 6.92 Å². The van der Waals surface area contributed by atoms with E-state index in [0.717, 1.165) is 29.1 Å². The normalized spacial score (nSPS) is 24.2. The van der Waals surface area contributed by atoms with Crippen LogP contribution in [0.5, 0.6) is 0 Å². The first-order chi connectivity index (χ1) is 12.1. The van der Waals surface area contributed by atoms with Gasteiger partial charge in [-0.2, -0.15) is 0 Å². The van der Waals surface area contributed by atoms with Crippen LogP contribution in [0, 0.1) is 5.92 Å². The van der Waals surface area contributed by atoms with Gasteiger partial charge in [0.1, 0.15) is 16.2 Å². The second kappa shape index (κ2) is 7.23. The first-order valence-electron chi connectivity index (χ1n) is 9.35. The largest absolute Gasteiger partial charge is 0.352 e. The van der Waals surface area contributed by atoms with Crippen LogP contribution < -0.4 is 5.32 Å². The summed E-state index contributed by atoms with van der Waals surface area (Å²) >= 11 is 3.38.